The number of hydrogen-bond acceptors (Lipinski definition) is 3. The van der Waals surface area contributed by atoms with Crippen LogP contribution in [0.4, 0.5) is 0 Å². The van der Waals surface area contributed by atoms with Crippen molar-refractivity contribution in [1.82, 2.24) is 10.2 Å². The molecule has 2 atom stereocenters. The summed E-state index contributed by atoms with van der Waals surface area (Å²) in [5, 5.41) is 3.74. The molecule has 3 heteroatoms. The van der Waals surface area contributed by atoms with E-state index in [-0.39, 0.29) is 5.60 Å². The molecule has 2 aliphatic heterocycles. The van der Waals surface area contributed by atoms with E-state index in [9.17, 15) is 0 Å². The number of nitrogens with zero attached hydrogens (tertiary/aromatic N) is 1. The zero-order chi connectivity index (χ0) is 12.1. The summed E-state index contributed by atoms with van der Waals surface area (Å²) in [5.41, 5.74) is 0.108. The first kappa shape index (κ1) is 13.3. The molecule has 2 rings (SSSR count). The first-order valence-electron chi connectivity index (χ1n) is 7.31. The zero-order valence-corrected chi connectivity index (χ0v) is 11.5. The number of likely N-dealkylation sites (tertiary alicyclic amines) is 1. The van der Waals surface area contributed by atoms with Gasteiger partial charge in [0.05, 0.1) is 5.60 Å². The van der Waals surface area contributed by atoms with Gasteiger partial charge in [-0.05, 0) is 58.7 Å². The highest BCUT2D eigenvalue weighted by atomic mass is 16.5. The Bertz CT molecular complexity index is 226. The highest BCUT2D eigenvalue weighted by Crippen LogP contribution is 2.24. The molecule has 2 fully saturated rings. The molecule has 0 bridgehead atoms. The van der Waals surface area contributed by atoms with Crippen molar-refractivity contribution < 1.29 is 4.74 Å². The third-order valence-electron chi connectivity index (χ3n) is 4.33. The summed E-state index contributed by atoms with van der Waals surface area (Å²) in [4.78, 5) is 2.56. The average molecular weight is 240 g/mol. The quantitative estimate of drug-likeness (QED) is 0.813. The van der Waals surface area contributed by atoms with Crippen molar-refractivity contribution in [2.75, 3.05) is 32.8 Å². The van der Waals surface area contributed by atoms with Gasteiger partial charge in [0, 0.05) is 19.2 Å². The molecule has 2 heterocycles. The van der Waals surface area contributed by atoms with E-state index in [2.05, 4.69) is 24.1 Å². The van der Waals surface area contributed by atoms with E-state index < -0.39 is 0 Å². The van der Waals surface area contributed by atoms with Crippen LogP contribution in [0.1, 0.15) is 46.0 Å². The summed E-state index contributed by atoms with van der Waals surface area (Å²) in [6, 6.07) is 0.701. The Kier molecular flexibility index (Phi) is 4.83. The minimum Gasteiger partial charge on any atom is -0.374 e. The predicted molar refractivity (Wildman–Crippen MR) is 71.3 cm³/mol. The van der Waals surface area contributed by atoms with Crippen LogP contribution < -0.4 is 5.32 Å². The summed E-state index contributed by atoms with van der Waals surface area (Å²) < 4.78 is 5.83. The van der Waals surface area contributed by atoms with Gasteiger partial charge in [0.1, 0.15) is 0 Å². The first-order chi connectivity index (χ1) is 8.22. The van der Waals surface area contributed by atoms with E-state index in [0.717, 1.165) is 13.2 Å². The van der Waals surface area contributed by atoms with Gasteiger partial charge in [-0.1, -0.05) is 6.92 Å². The van der Waals surface area contributed by atoms with Crippen molar-refractivity contribution in [3.8, 4) is 0 Å². The van der Waals surface area contributed by atoms with Gasteiger partial charge in [-0.3, -0.25) is 0 Å². The van der Waals surface area contributed by atoms with Crippen LogP contribution >= 0.6 is 0 Å². The molecule has 0 radical (unpaired) electrons. The van der Waals surface area contributed by atoms with Crippen LogP contribution in [0.15, 0.2) is 0 Å². The van der Waals surface area contributed by atoms with Gasteiger partial charge in [0.2, 0.25) is 0 Å². The monoisotopic (exact) mass is 240 g/mol. The van der Waals surface area contributed by atoms with E-state index >= 15 is 0 Å². The largest absolute Gasteiger partial charge is 0.374 e. The van der Waals surface area contributed by atoms with Crippen LogP contribution in [0.5, 0.6) is 0 Å². The van der Waals surface area contributed by atoms with Crippen LogP contribution in [-0.2, 0) is 4.74 Å². The maximum atomic E-state index is 5.83. The summed E-state index contributed by atoms with van der Waals surface area (Å²) in [6.07, 6.45) is 6.40. The molecule has 2 unspecified atom stereocenters. The molecule has 0 aliphatic carbocycles. The average Bonchev–Trinajstić information content (AvgIpc) is 2.64. The molecule has 3 nitrogen and oxygen atoms in total. The molecule has 2 saturated heterocycles. The first-order valence-corrected chi connectivity index (χ1v) is 7.31. The van der Waals surface area contributed by atoms with Gasteiger partial charge in [0.25, 0.3) is 0 Å². The summed E-state index contributed by atoms with van der Waals surface area (Å²) in [6.45, 7) is 10.2. The van der Waals surface area contributed by atoms with E-state index in [1.807, 2.05) is 0 Å². The maximum Gasteiger partial charge on any atom is 0.0779 e. The lowest BCUT2D eigenvalue weighted by Crippen LogP contribution is -2.42. The van der Waals surface area contributed by atoms with E-state index in [0.29, 0.717) is 6.04 Å². The third kappa shape index (κ3) is 3.94. The highest BCUT2D eigenvalue weighted by Gasteiger charge is 2.30. The van der Waals surface area contributed by atoms with Crippen LogP contribution in [0.2, 0.25) is 0 Å². The second-order valence-electron chi connectivity index (χ2n) is 5.84. The molecule has 100 valence electrons. The minimum atomic E-state index is 0.108. The number of nitrogens with one attached hydrogen (secondary N) is 1. The van der Waals surface area contributed by atoms with Gasteiger partial charge < -0.3 is 15.0 Å². The summed E-state index contributed by atoms with van der Waals surface area (Å²) in [7, 11) is 0. The standard InChI is InChI=1S/C14H28N2O/c1-3-16-9-4-6-13(7-10-16)15-12-14(2)8-5-11-17-14/h13,15H,3-12H2,1-2H3. The number of rotatable bonds is 4. The van der Waals surface area contributed by atoms with Crippen molar-refractivity contribution in [2.24, 2.45) is 0 Å². The lowest BCUT2D eigenvalue weighted by atomic mass is 10.0. The third-order valence-corrected chi connectivity index (χ3v) is 4.33. The van der Waals surface area contributed by atoms with Gasteiger partial charge in [-0.25, -0.2) is 0 Å². The minimum absolute atomic E-state index is 0.108. The normalized spacial score (nSPS) is 36.0. The molecule has 0 aromatic rings. The Morgan fingerprint density at radius 2 is 2.18 bits per heavy atom. The molecule has 17 heavy (non-hydrogen) atoms. The predicted octanol–water partition coefficient (Wildman–Crippen LogP) is 2.02. The fourth-order valence-corrected chi connectivity index (χ4v) is 3.01. The van der Waals surface area contributed by atoms with Crippen molar-refractivity contribution in [2.45, 2.75) is 57.6 Å². The zero-order valence-electron chi connectivity index (χ0n) is 11.5. The van der Waals surface area contributed by atoms with Crippen molar-refractivity contribution in [3.05, 3.63) is 0 Å². The molecule has 0 saturated carbocycles. The Morgan fingerprint density at radius 3 is 2.88 bits per heavy atom. The van der Waals surface area contributed by atoms with Crippen LogP contribution in [0.25, 0.3) is 0 Å². The molecular formula is C14H28N2O. The second-order valence-corrected chi connectivity index (χ2v) is 5.84. The lowest BCUT2D eigenvalue weighted by molar-refractivity contribution is 0.0184. The maximum absolute atomic E-state index is 5.83. The van der Waals surface area contributed by atoms with Gasteiger partial charge >= 0.3 is 0 Å². The van der Waals surface area contributed by atoms with Crippen LogP contribution in [0.3, 0.4) is 0 Å². The lowest BCUT2D eigenvalue weighted by Gasteiger charge is -2.27. The second kappa shape index (κ2) is 6.17. The van der Waals surface area contributed by atoms with E-state index in [1.165, 1.54) is 51.7 Å². The fraction of sp³-hybridized carbons (Fsp3) is 1.00. The molecule has 0 aromatic heterocycles. The van der Waals surface area contributed by atoms with Crippen LogP contribution in [-0.4, -0.2) is 49.3 Å². The molecular weight excluding hydrogens is 212 g/mol. The Labute approximate surface area is 106 Å². The fourth-order valence-electron chi connectivity index (χ4n) is 3.01. The van der Waals surface area contributed by atoms with Crippen molar-refractivity contribution >= 4 is 0 Å². The van der Waals surface area contributed by atoms with Crippen molar-refractivity contribution in [1.29, 1.82) is 0 Å². The van der Waals surface area contributed by atoms with Crippen molar-refractivity contribution in [3.63, 3.8) is 0 Å². The van der Waals surface area contributed by atoms with Crippen LogP contribution in [0, 0.1) is 0 Å². The Balaban J connectivity index is 1.71. The molecule has 2 aliphatic rings. The molecule has 0 spiro atoms. The number of hydrogen-bond donors (Lipinski definition) is 1. The van der Waals surface area contributed by atoms with Gasteiger partial charge in [0.15, 0.2) is 0 Å². The van der Waals surface area contributed by atoms with E-state index in [1.54, 1.807) is 0 Å². The Morgan fingerprint density at radius 1 is 1.29 bits per heavy atom. The number of ether oxygens (including phenoxy) is 1. The summed E-state index contributed by atoms with van der Waals surface area (Å²) in [5.74, 6) is 0. The highest BCUT2D eigenvalue weighted by molar-refractivity contribution is 4.85. The summed E-state index contributed by atoms with van der Waals surface area (Å²) >= 11 is 0. The molecule has 1 N–H and O–H groups in total. The smallest absolute Gasteiger partial charge is 0.0779 e. The SMILES string of the molecule is CCN1CCCC(NCC2(C)CCCO2)CC1. The van der Waals surface area contributed by atoms with E-state index in [4.69, 9.17) is 4.74 Å². The van der Waals surface area contributed by atoms with Gasteiger partial charge in [-0.2, -0.15) is 0 Å². The molecule has 0 aromatic carbocycles. The van der Waals surface area contributed by atoms with Gasteiger partial charge in [-0.15, -0.1) is 0 Å². The Hall–Kier alpha value is -0.120. The topological polar surface area (TPSA) is 24.5 Å². The molecule has 0 amide bonds.